The number of benzene rings is 2. The largest absolute Gasteiger partial charge is 0.478 e. The first kappa shape index (κ1) is 20.3. The highest BCUT2D eigenvalue weighted by molar-refractivity contribution is 5.95. The molecule has 30 heavy (non-hydrogen) atoms. The molecule has 1 heterocycles. The zero-order valence-corrected chi connectivity index (χ0v) is 17.6. The first-order valence-corrected chi connectivity index (χ1v) is 11.0. The third-order valence-electron chi connectivity index (χ3n) is 6.06. The van der Waals surface area contributed by atoms with Crippen LogP contribution in [0.3, 0.4) is 0 Å². The van der Waals surface area contributed by atoms with Crippen LogP contribution in [0, 0.1) is 5.92 Å². The fourth-order valence-corrected chi connectivity index (χ4v) is 4.43. The van der Waals surface area contributed by atoms with Crippen molar-refractivity contribution in [3.8, 4) is 11.1 Å². The number of nitrogens with zero attached hydrogens (tertiary/aromatic N) is 3. The van der Waals surface area contributed by atoms with Gasteiger partial charge in [-0.15, -0.1) is 0 Å². The summed E-state index contributed by atoms with van der Waals surface area (Å²) in [5.74, 6) is 1.83. The quantitative estimate of drug-likeness (QED) is 0.575. The molecule has 156 valence electrons. The van der Waals surface area contributed by atoms with Crippen molar-refractivity contribution in [2.24, 2.45) is 5.92 Å². The summed E-state index contributed by atoms with van der Waals surface area (Å²) >= 11 is 0. The predicted octanol–water partition coefficient (Wildman–Crippen LogP) is 5.38. The number of carboxylic acid groups (broad SMARTS) is 1. The number of rotatable bonds is 7. The molecule has 2 aromatic carbocycles. The lowest BCUT2D eigenvalue weighted by molar-refractivity contribution is 0.0697. The third-order valence-corrected chi connectivity index (χ3v) is 6.06. The van der Waals surface area contributed by atoms with E-state index in [2.05, 4.69) is 19.1 Å². The zero-order chi connectivity index (χ0) is 20.9. The van der Waals surface area contributed by atoms with Crippen molar-refractivity contribution in [3.63, 3.8) is 0 Å². The maximum atomic E-state index is 11.5. The van der Waals surface area contributed by atoms with E-state index in [1.54, 1.807) is 12.1 Å². The smallest absolute Gasteiger partial charge is 0.336 e. The van der Waals surface area contributed by atoms with Gasteiger partial charge in [0.2, 0.25) is 0 Å². The molecule has 1 aliphatic carbocycles. The second kappa shape index (κ2) is 9.24. The van der Waals surface area contributed by atoms with E-state index >= 15 is 0 Å². The Balaban J connectivity index is 1.50. The van der Waals surface area contributed by atoms with Crippen molar-refractivity contribution in [3.05, 3.63) is 71.3 Å². The molecule has 5 nitrogen and oxygen atoms in total. The molecule has 1 saturated carbocycles. The average Bonchev–Trinajstić information content (AvgIpc) is 3.16. The monoisotopic (exact) mass is 403 g/mol. The van der Waals surface area contributed by atoms with E-state index in [1.807, 2.05) is 28.9 Å². The third kappa shape index (κ3) is 4.61. The van der Waals surface area contributed by atoms with Gasteiger partial charge in [-0.3, -0.25) is 0 Å². The molecule has 0 spiro atoms. The summed E-state index contributed by atoms with van der Waals surface area (Å²) in [6, 6.07) is 15.2. The van der Waals surface area contributed by atoms with Crippen molar-refractivity contribution in [1.29, 1.82) is 0 Å². The lowest BCUT2D eigenvalue weighted by Gasteiger charge is -2.19. The normalized spacial score (nSPS) is 14.7. The average molecular weight is 404 g/mol. The van der Waals surface area contributed by atoms with Crippen LogP contribution in [0.4, 0.5) is 0 Å². The Kier molecular flexibility index (Phi) is 6.26. The Hall–Kier alpha value is -2.95. The SMILES string of the molecule is CCc1nc(CC2CCCCC2)nn1Cc1ccc(-c2ccccc2C(=O)O)cc1. The maximum Gasteiger partial charge on any atom is 0.336 e. The van der Waals surface area contributed by atoms with Crippen LogP contribution in [-0.2, 0) is 19.4 Å². The fraction of sp³-hybridized carbons (Fsp3) is 0.400. The molecule has 0 amide bonds. The molecule has 0 unspecified atom stereocenters. The molecule has 1 N–H and O–H groups in total. The van der Waals surface area contributed by atoms with Crippen LogP contribution in [0.25, 0.3) is 11.1 Å². The van der Waals surface area contributed by atoms with Crippen LogP contribution in [0.5, 0.6) is 0 Å². The second-order valence-electron chi connectivity index (χ2n) is 8.21. The number of hydrogen-bond acceptors (Lipinski definition) is 3. The van der Waals surface area contributed by atoms with Gasteiger partial charge in [-0.05, 0) is 28.7 Å². The molecule has 0 radical (unpaired) electrons. The van der Waals surface area contributed by atoms with Gasteiger partial charge in [0.15, 0.2) is 5.82 Å². The molecule has 4 rings (SSSR count). The minimum absolute atomic E-state index is 0.321. The minimum atomic E-state index is -0.907. The zero-order valence-electron chi connectivity index (χ0n) is 17.6. The molecule has 0 aliphatic heterocycles. The van der Waals surface area contributed by atoms with Gasteiger partial charge < -0.3 is 5.11 Å². The number of aromatic nitrogens is 3. The van der Waals surface area contributed by atoms with Gasteiger partial charge in [0.25, 0.3) is 0 Å². The van der Waals surface area contributed by atoms with Gasteiger partial charge >= 0.3 is 5.97 Å². The van der Waals surface area contributed by atoms with E-state index in [1.165, 1.54) is 32.1 Å². The summed E-state index contributed by atoms with van der Waals surface area (Å²) in [5, 5.41) is 14.3. The fourth-order valence-electron chi connectivity index (χ4n) is 4.43. The summed E-state index contributed by atoms with van der Waals surface area (Å²) in [6.45, 7) is 2.80. The van der Waals surface area contributed by atoms with Gasteiger partial charge in [-0.25, -0.2) is 14.5 Å². The van der Waals surface area contributed by atoms with Crippen molar-refractivity contribution in [2.45, 2.75) is 58.4 Å². The Labute approximate surface area is 177 Å². The molecule has 1 aromatic heterocycles. The molecule has 0 atom stereocenters. The lowest BCUT2D eigenvalue weighted by atomic mass is 9.87. The van der Waals surface area contributed by atoms with E-state index < -0.39 is 5.97 Å². The topological polar surface area (TPSA) is 68.0 Å². The summed E-state index contributed by atoms with van der Waals surface area (Å²) < 4.78 is 2.03. The van der Waals surface area contributed by atoms with E-state index in [0.717, 1.165) is 47.1 Å². The van der Waals surface area contributed by atoms with Crippen LogP contribution in [0.15, 0.2) is 48.5 Å². The summed E-state index contributed by atoms with van der Waals surface area (Å²) in [5.41, 5.74) is 3.10. The van der Waals surface area contributed by atoms with Gasteiger partial charge in [0.05, 0.1) is 12.1 Å². The van der Waals surface area contributed by atoms with Crippen molar-refractivity contribution in [2.75, 3.05) is 0 Å². The molecular formula is C25H29N3O2. The maximum absolute atomic E-state index is 11.5. The van der Waals surface area contributed by atoms with Gasteiger partial charge in [0.1, 0.15) is 5.82 Å². The van der Waals surface area contributed by atoms with Crippen molar-refractivity contribution in [1.82, 2.24) is 14.8 Å². The Morgan fingerprint density at radius 3 is 2.50 bits per heavy atom. The molecular weight excluding hydrogens is 374 g/mol. The molecule has 3 aromatic rings. The Bertz CT molecular complexity index is 1000. The van der Waals surface area contributed by atoms with Crippen LogP contribution < -0.4 is 0 Å². The molecule has 1 fully saturated rings. The number of aryl methyl sites for hydroxylation is 1. The van der Waals surface area contributed by atoms with E-state index in [-0.39, 0.29) is 0 Å². The van der Waals surface area contributed by atoms with Gasteiger partial charge in [0, 0.05) is 12.8 Å². The van der Waals surface area contributed by atoms with E-state index in [0.29, 0.717) is 12.1 Å². The van der Waals surface area contributed by atoms with Crippen molar-refractivity contribution >= 4 is 5.97 Å². The highest BCUT2D eigenvalue weighted by Crippen LogP contribution is 2.27. The van der Waals surface area contributed by atoms with Crippen LogP contribution in [-0.4, -0.2) is 25.8 Å². The number of carboxylic acids is 1. The number of aromatic carboxylic acids is 1. The minimum Gasteiger partial charge on any atom is -0.478 e. The second-order valence-corrected chi connectivity index (χ2v) is 8.21. The summed E-state index contributed by atoms with van der Waals surface area (Å²) in [4.78, 5) is 16.3. The molecule has 0 saturated heterocycles. The van der Waals surface area contributed by atoms with Crippen LogP contribution >= 0.6 is 0 Å². The number of carbonyl (C=O) groups is 1. The summed E-state index contributed by atoms with van der Waals surface area (Å²) in [7, 11) is 0. The highest BCUT2D eigenvalue weighted by Gasteiger charge is 2.18. The Morgan fingerprint density at radius 1 is 1.07 bits per heavy atom. The first-order valence-electron chi connectivity index (χ1n) is 11.0. The first-order chi connectivity index (χ1) is 14.6. The molecule has 0 bridgehead atoms. The summed E-state index contributed by atoms with van der Waals surface area (Å²) in [6.07, 6.45) is 8.50. The van der Waals surface area contributed by atoms with Gasteiger partial charge in [-0.1, -0.05) is 81.5 Å². The predicted molar refractivity (Wildman–Crippen MR) is 118 cm³/mol. The van der Waals surface area contributed by atoms with Gasteiger partial charge in [-0.2, -0.15) is 5.10 Å². The molecule has 1 aliphatic rings. The van der Waals surface area contributed by atoms with E-state index in [4.69, 9.17) is 10.1 Å². The standard InChI is InChI=1S/C25H29N3O2/c1-2-24-26-23(16-18-8-4-3-5-9-18)27-28(24)17-19-12-14-20(15-13-19)21-10-6-7-11-22(21)25(29)30/h6-7,10-15,18H,2-5,8-9,16-17H2,1H3,(H,29,30). The number of hydrogen-bond donors (Lipinski definition) is 1. The van der Waals surface area contributed by atoms with E-state index in [9.17, 15) is 9.90 Å². The van der Waals surface area contributed by atoms with Crippen molar-refractivity contribution < 1.29 is 9.90 Å². The van der Waals surface area contributed by atoms with Crippen LogP contribution in [0.2, 0.25) is 0 Å². The Morgan fingerprint density at radius 2 is 1.80 bits per heavy atom. The lowest BCUT2D eigenvalue weighted by Crippen LogP contribution is -2.11. The van der Waals surface area contributed by atoms with Crippen LogP contribution in [0.1, 0.15) is 66.6 Å². The molecule has 5 heteroatoms. The highest BCUT2D eigenvalue weighted by atomic mass is 16.4.